The van der Waals surface area contributed by atoms with Gasteiger partial charge in [-0.3, -0.25) is 14.4 Å². The Morgan fingerprint density at radius 2 is 1.74 bits per heavy atom. The lowest BCUT2D eigenvalue weighted by Crippen LogP contribution is -2.59. The molecule has 0 aliphatic carbocycles. The molecule has 2 fully saturated rings. The van der Waals surface area contributed by atoms with Gasteiger partial charge < -0.3 is 24.5 Å². The van der Waals surface area contributed by atoms with Crippen LogP contribution in [-0.4, -0.2) is 82.2 Å². The van der Waals surface area contributed by atoms with E-state index in [2.05, 4.69) is 0 Å². The fourth-order valence-corrected chi connectivity index (χ4v) is 7.25. The Morgan fingerprint density at radius 1 is 1.00 bits per heavy atom. The van der Waals surface area contributed by atoms with Crippen LogP contribution in [0.5, 0.6) is 0 Å². The highest BCUT2D eigenvalue weighted by atomic mass is 16.5. The summed E-state index contributed by atoms with van der Waals surface area (Å²) in [5.41, 5.74) is 0.456. The van der Waals surface area contributed by atoms with Gasteiger partial charge in [-0.2, -0.15) is 0 Å². The topological polar surface area (TPSA) is 90.4 Å². The van der Waals surface area contributed by atoms with Crippen LogP contribution >= 0.6 is 0 Å². The van der Waals surface area contributed by atoms with Crippen LogP contribution < -0.4 is 4.90 Å². The molecule has 1 aromatic carbocycles. The SMILES string of the molecule is CCCN1CC=C[C@@]2(CC)O[C@]34C=CCN(c5cc(C)ccc5C)C(=O)C3N([C@@H](CC)CO)C(=O)[C@@H]4[C@H]2C1=O. The monoisotopic (exact) mass is 535 g/mol. The van der Waals surface area contributed by atoms with Crippen LogP contribution in [-0.2, 0) is 19.1 Å². The molecule has 4 aliphatic rings. The molecular formula is C31H41N3O5. The first-order valence-electron chi connectivity index (χ1n) is 14.4. The van der Waals surface area contributed by atoms with Crippen molar-refractivity contribution in [2.45, 2.75) is 77.2 Å². The quantitative estimate of drug-likeness (QED) is 0.542. The maximum absolute atomic E-state index is 14.7. The van der Waals surface area contributed by atoms with E-state index in [1.807, 2.05) is 77.1 Å². The van der Waals surface area contributed by atoms with Crippen LogP contribution in [0.2, 0.25) is 0 Å². The summed E-state index contributed by atoms with van der Waals surface area (Å²) in [6.07, 6.45) is 9.50. The number of fused-ring (bicyclic) bond motifs is 2. The molecule has 210 valence electrons. The Balaban J connectivity index is 1.70. The number of likely N-dealkylation sites (tertiary alicyclic amines) is 1. The maximum Gasteiger partial charge on any atom is 0.253 e. The second kappa shape index (κ2) is 10.2. The number of benzene rings is 1. The third-order valence-electron chi connectivity index (χ3n) is 9.19. The van der Waals surface area contributed by atoms with Crippen LogP contribution in [0.4, 0.5) is 5.69 Å². The summed E-state index contributed by atoms with van der Waals surface area (Å²) in [4.78, 5) is 48.4. The molecular weight excluding hydrogens is 494 g/mol. The lowest BCUT2D eigenvalue weighted by Gasteiger charge is -2.40. The number of aliphatic hydroxyl groups excluding tert-OH is 1. The molecule has 0 bridgehead atoms. The first kappa shape index (κ1) is 27.6. The van der Waals surface area contributed by atoms with E-state index in [0.29, 0.717) is 32.5 Å². The number of aliphatic hydroxyl groups is 1. The molecule has 8 heteroatoms. The Hall–Kier alpha value is -2.97. The van der Waals surface area contributed by atoms with Crippen molar-refractivity contribution >= 4 is 23.4 Å². The summed E-state index contributed by atoms with van der Waals surface area (Å²) in [7, 11) is 0. The summed E-state index contributed by atoms with van der Waals surface area (Å²) < 4.78 is 7.01. The minimum Gasteiger partial charge on any atom is -0.394 e. The second-order valence-corrected chi connectivity index (χ2v) is 11.4. The number of ether oxygens (including phenoxy) is 1. The van der Waals surface area contributed by atoms with E-state index in [-0.39, 0.29) is 24.3 Å². The van der Waals surface area contributed by atoms with E-state index >= 15 is 0 Å². The minimum absolute atomic E-state index is 0.104. The third-order valence-corrected chi connectivity index (χ3v) is 9.19. The molecule has 39 heavy (non-hydrogen) atoms. The zero-order valence-corrected chi connectivity index (χ0v) is 23.7. The average molecular weight is 536 g/mol. The Morgan fingerprint density at radius 3 is 2.41 bits per heavy atom. The summed E-state index contributed by atoms with van der Waals surface area (Å²) in [5, 5.41) is 10.3. The van der Waals surface area contributed by atoms with Gasteiger partial charge in [-0.1, -0.05) is 57.2 Å². The molecule has 1 spiro atoms. The van der Waals surface area contributed by atoms with Crippen molar-refractivity contribution in [2.75, 3.05) is 31.1 Å². The van der Waals surface area contributed by atoms with Gasteiger partial charge >= 0.3 is 0 Å². The molecule has 0 aromatic heterocycles. The predicted octanol–water partition coefficient (Wildman–Crippen LogP) is 3.15. The third kappa shape index (κ3) is 3.98. The van der Waals surface area contributed by atoms with Crippen LogP contribution in [0.1, 0.15) is 51.2 Å². The van der Waals surface area contributed by atoms with Crippen molar-refractivity contribution in [3.8, 4) is 0 Å². The Kier molecular flexibility index (Phi) is 7.22. The Bertz CT molecular complexity index is 1220. The van der Waals surface area contributed by atoms with Gasteiger partial charge in [-0.15, -0.1) is 0 Å². The molecule has 6 atom stereocenters. The van der Waals surface area contributed by atoms with Gasteiger partial charge in [-0.05, 0) is 50.3 Å². The summed E-state index contributed by atoms with van der Waals surface area (Å²) in [5.74, 6) is -2.26. The van der Waals surface area contributed by atoms with E-state index in [4.69, 9.17) is 4.74 Å². The smallest absolute Gasteiger partial charge is 0.253 e. The fraction of sp³-hybridized carbons (Fsp3) is 0.581. The standard InChI is InChI=1S/C31H41N3O5/c1-6-15-32-16-9-13-30(8-3)24(27(32)36)25-28(37)34(22(7-2)19-35)26-29(38)33(17-10-14-31(25,26)39-30)23-18-20(4)11-12-21(23)5/h9-14,18,22,24-26,35H,6-8,15-17,19H2,1-5H3/t22-,24-,25-,26?,30+,31-/m0/s1. The number of anilines is 1. The lowest BCUT2D eigenvalue weighted by molar-refractivity contribution is -0.152. The number of hydrogen-bond donors (Lipinski definition) is 1. The molecule has 2 saturated heterocycles. The average Bonchev–Trinajstić information content (AvgIpc) is 3.22. The summed E-state index contributed by atoms with van der Waals surface area (Å²) in [6.45, 7) is 11.0. The fourth-order valence-electron chi connectivity index (χ4n) is 7.25. The second-order valence-electron chi connectivity index (χ2n) is 11.4. The van der Waals surface area contributed by atoms with Crippen molar-refractivity contribution < 1.29 is 24.2 Å². The van der Waals surface area contributed by atoms with Crippen molar-refractivity contribution in [3.63, 3.8) is 0 Å². The number of hydrogen-bond acceptors (Lipinski definition) is 5. The minimum atomic E-state index is -1.32. The van der Waals surface area contributed by atoms with Crippen molar-refractivity contribution in [1.29, 1.82) is 0 Å². The number of aryl methyl sites for hydroxylation is 2. The van der Waals surface area contributed by atoms with Gasteiger partial charge in [-0.25, -0.2) is 0 Å². The van der Waals surface area contributed by atoms with Crippen molar-refractivity contribution in [1.82, 2.24) is 9.80 Å². The molecule has 4 heterocycles. The number of carbonyl (C=O) groups excluding carboxylic acids is 3. The lowest BCUT2D eigenvalue weighted by atomic mass is 9.73. The van der Waals surface area contributed by atoms with Gasteiger partial charge in [0.25, 0.3) is 5.91 Å². The highest BCUT2D eigenvalue weighted by Crippen LogP contribution is 2.59. The van der Waals surface area contributed by atoms with Gasteiger partial charge in [0.15, 0.2) is 0 Å². The molecule has 5 rings (SSSR count). The van der Waals surface area contributed by atoms with Crippen molar-refractivity contribution in [2.24, 2.45) is 11.8 Å². The Labute approximate surface area is 231 Å². The van der Waals surface area contributed by atoms with Crippen molar-refractivity contribution in [3.05, 3.63) is 53.6 Å². The van der Waals surface area contributed by atoms with Gasteiger partial charge in [0.1, 0.15) is 11.6 Å². The van der Waals surface area contributed by atoms with Crippen LogP contribution in [0.3, 0.4) is 0 Å². The largest absolute Gasteiger partial charge is 0.394 e. The van der Waals surface area contributed by atoms with Gasteiger partial charge in [0, 0.05) is 25.3 Å². The highest BCUT2D eigenvalue weighted by molar-refractivity contribution is 6.06. The molecule has 0 radical (unpaired) electrons. The number of nitrogens with zero attached hydrogens (tertiary/aromatic N) is 3. The highest BCUT2D eigenvalue weighted by Gasteiger charge is 2.75. The van der Waals surface area contributed by atoms with E-state index in [1.54, 1.807) is 14.7 Å². The summed E-state index contributed by atoms with van der Waals surface area (Å²) >= 11 is 0. The molecule has 1 N–H and O–H groups in total. The van der Waals surface area contributed by atoms with E-state index < -0.39 is 35.1 Å². The molecule has 8 nitrogen and oxygen atoms in total. The first-order chi connectivity index (χ1) is 18.7. The zero-order valence-electron chi connectivity index (χ0n) is 23.7. The van der Waals surface area contributed by atoms with E-state index in [1.165, 1.54) is 0 Å². The molecule has 4 aliphatic heterocycles. The normalized spacial score (nSPS) is 32.7. The van der Waals surface area contributed by atoms with Crippen LogP contribution in [0, 0.1) is 25.7 Å². The van der Waals surface area contributed by atoms with Gasteiger partial charge in [0.05, 0.1) is 30.1 Å². The number of amides is 3. The summed E-state index contributed by atoms with van der Waals surface area (Å²) in [6, 6.07) is 4.43. The molecule has 1 aromatic rings. The van der Waals surface area contributed by atoms with E-state index in [0.717, 1.165) is 23.2 Å². The van der Waals surface area contributed by atoms with Gasteiger partial charge in [0.2, 0.25) is 11.8 Å². The number of rotatable bonds is 7. The first-order valence-corrected chi connectivity index (χ1v) is 14.4. The number of carbonyl (C=O) groups is 3. The van der Waals surface area contributed by atoms with Crippen LogP contribution in [0.15, 0.2) is 42.5 Å². The van der Waals surface area contributed by atoms with E-state index in [9.17, 15) is 19.5 Å². The molecule has 3 amide bonds. The van der Waals surface area contributed by atoms with Crippen LogP contribution in [0.25, 0.3) is 0 Å². The molecule has 0 saturated carbocycles. The molecule has 1 unspecified atom stereocenters. The zero-order chi connectivity index (χ0) is 28.1. The predicted molar refractivity (Wildman–Crippen MR) is 149 cm³/mol. The maximum atomic E-state index is 14.7.